The molecular weight excluding hydrogens is 230 g/mol. The van der Waals surface area contributed by atoms with Crippen molar-refractivity contribution in [3.05, 3.63) is 29.3 Å². The van der Waals surface area contributed by atoms with Gasteiger partial charge in [-0.05, 0) is 36.1 Å². The van der Waals surface area contributed by atoms with Crippen LogP contribution < -0.4 is 5.32 Å². The van der Waals surface area contributed by atoms with Crippen LogP contribution in [0.1, 0.15) is 37.8 Å². The highest BCUT2D eigenvalue weighted by atomic mass is 16.4. The topological polar surface area (TPSA) is 66.4 Å². The first-order chi connectivity index (χ1) is 8.55. The van der Waals surface area contributed by atoms with E-state index in [9.17, 15) is 9.59 Å². The van der Waals surface area contributed by atoms with Gasteiger partial charge in [0, 0.05) is 12.1 Å². The van der Waals surface area contributed by atoms with E-state index in [-0.39, 0.29) is 18.7 Å². The zero-order valence-corrected chi connectivity index (χ0v) is 10.8. The second kappa shape index (κ2) is 6.79. The lowest BCUT2D eigenvalue weighted by molar-refractivity contribution is -0.138. The van der Waals surface area contributed by atoms with Gasteiger partial charge in [-0.2, -0.15) is 0 Å². The third kappa shape index (κ3) is 4.57. The van der Waals surface area contributed by atoms with Crippen LogP contribution in [-0.2, 0) is 22.4 Å². The van der Waals surface area contributed by atoms with Gasteiger partial charge in [-0.3, -0.25) is 9.59 Å². The maximum absolute atomic E-state index is 11.5. The standard InChI is InChI=1S/C14H19NO3/c1-3-10-7-11(4-2)9-12(8-10)15-13(16)5-6-14(17)18/h7-9H,3-6H2,1-2H3,(H,15,16)(H,17,18). The Kier molecular flexibility index (Phi) is 5.36. The molecule has 0 saturated heterocycles. The second-order valence-corrected chi connectivity index (χ2v) is 4.19. The first-order valence-corrected chi connectivity index (χ1v) is 6.19. The van der Waals surface area contributed by atoms with E-state index < -0.39 is 5.97 Å². The van der Waals surface area contributed by atoms with Crippen molar-refractivity contribution in [3.63, 3.8) is 0 Å². The molecule has 4 nitrogen and oxygen atoms in total. The van der Waals surface area contributed by atoms with Gasteiger partial charge in [-0.15, -0.1) is 0 Å². The third-order valence-corrected chi connectivity index (χ3v) is 2.72. The summed E-state index contributed by atoms with van der Waals surface area (Å²) < 4.78 is 0. The van der Waals surface area contributed by atoms with E-state index in [0.29, 0.717) is 0 Å². The van der Waals surface area contributed by atoms with Crippen molar-refractivity contribution in [2.75, 3.05) is 5.32 Å². The molecule has 0 radical (unpaired) electrons. The van der Waals surface area contributed by atoms with Gasteiger partial charge < -0.3 is 10.4 Å². The number of aliphatic carboxylic acids is 1. The number of carbonyl (C=O) groups excluding carboxylic acids is 1. The van der Waals surface area contributed by atoms with Crippen LogP contribution in [0, 0.1) is 0 Å². The average Bonchev–Trinajstić information content (AvgIpc) is 2.35. The summed E-state index contributed by atoms with van der Waals surface area (Å²) in [5.41, 5.74) is 3.09. The van der Waals surface area contributed by atoms with Gasteiger partial charge in [-0.25, -0.2) is 0 Å². The third-order valence-electron chi connectivity index (χ3n) is 2.72. The molecular formula is C14H19NO3. The number of carbonyl (C=O) groups is 2. The summed E-state index contributed by atoms with van der Waals surface area (Å²) >= 11 is 0. The van der Waals surface area contributed by atoms with E-state index >= 15 is 0 Å². The average molecular weight is 249 g/mol. The number of hydrogen-bond acceptors (Lipinski definition) is 2. The number of aryl methyl sites for hydroxylation is 2. The van der Waals surface area contributed by atoms with Crippen LogP contribution in [0.5, 0.6) is 0 Å². The summed E-state index contributed by atoms with van der Waals surface area (Å²) in [7, 11) is 0. The summed E-state index contributed by atoms with van der Waals surface area (Å²) in [6, 6.07) is 5.97. The quantitative estimate of drug-likeness (QED) is 0.814. The largest absolute Gasteiger partial charge is 0.481 e. The van der Waals surface area contributed by atoms with E-state index in [0.717, 1.165) is 18.5 Å². The SMILES string of the molecule is CCc1cc(CC)cc(NC(=O)CCC(=O)O)c1. The van der Waals surface area contributed by atoms with Gasteiger partial charge in [-0.1, -0.05) is 19.9 Å². The second-order valence-electron chi connectivity index (χ2n) is 4.19. The van der Waals surface area contributed by atoms with Gasteiger partial charge in [0.15, 0.2) is 0 Å². The summed E-state index contributed by atoms with van der Waals surface area (Å²) in [5.74, 6) is -1.21. The fourth-order valence-corrected chi connectivity index (χ4v) is 1.69. The molecule has 0 saturated carbocycles. The highest BCUT2D eigenvalue weighted by molar-refractivity contribution is 5.92. The van der Waals surface area contributed by atoms with Crippen LogP contribution in [-0.4, -0.2) is 17.0 Å². The number of hydrogen-bond donors (Lipinski definition) is 2. The van der Waals surface area contributed by atoms with Crippen molar-refractivity contribution in [2.45, 2.75) is 39.5 Å². The number of benzene rings is 1. The highest BCUT2D eigenvalue weighted by Crippen LogP contribution is 2.16. The Hall–Kier alpha value is -1.84. The number of amides is 1. The van der Waals surface area contributed by atoms with Crippen molar-refractivity contribution in [2.24, 2.45) is 0 Å². The Bertz CT molecular complexity index is 418. The lowest BCUT2D eigenvalue weighted by Crippen LogP contribution is -2.13. The molecule has 0 fully saturated rings. The Morgan fingerprint density at radius 1 is 1.06 bits per heavy atom. The molecule has 98 valence electrons. The molecule has 18 heavy (non-hydrogen) atoms. The number of nitrogens with one attached hydrogen (secondary N) is 1. The first kappa shape index (κ1) is 14.2. The van der Waals surface area contributed by atoms with Crippen molar-refractivity contribution in [1.29, 1.82) is 0 Å². The smallest absolute Gasteiger partial charge is 0.303 e. The minimum Gasteiger partial charge on any atom is -0.481 e. The molecule has 0 aliphatic heterocycles. The van der Waals surface area contributed by atoms with E-state index in [4.69, 9.17) is 5.11 Å². The lowest BCUT2D eigenvalue weighted by Gasteiger charge is -2.09. The molecule has 1 aromatic carbocycles. The molecule has 0 atom stereocenters. The molecule has 0 aliphatic carbocycles. The maximum Gasteiger partial charge on any atom is 0.303 e. The zero-order valence-electron chi connectivity index (χ0n) is 10.8. The molecule has 0 unspecified atom stereocenters. The van der Waals surface area contributed by atoms with Crippen molar-refractivity contribution >= 4 is 17.6 Å². The van der Waals surface area contributed by atoms with Crippen LogP contribution >= 0.6 is 0 Å². The maximum atomic E-state index is 11.5. The summed E-state index contributed by atoms with van der Waals surface area (Å²) in [4.78, 5) is 21.9. The van der Waals surface area contributed by atoms with E-state index in [1.165, 1.54) is 11.1 Å². The minimum atomic E-state index is -0.957. The molecule has 1 rings (SSSR count). The van der Waals surface area contributed by atoms with E-state index in [1.807, 2.05) is 12.1 Å². The number of rotatable bonds is 6. The van der Waals surface area contributed by atoms with Crippen LogP contribution in [0.2, 0.25) is 0 Å². The number of anilines is 1. The molecule has 0 heterocycles. The molecule has 0 spiro atoms. The molecule has 1 aromatic rings. The van der Waals surface area contributed by atoms with Crippen molar-refractivity contribution in [3.8, 4) is 0 Å². The van der Waals surface area contributed by atoms with Gasteiger partial charge in [0.1, 0.15) is 0 Å². The zero-order chi connectivity index (χ0) is 13.5. The fraction of sp³-hybridized carbons (Fsp3) is 0.429. The van der Waals surface area contributed by atoms with Crippen LogP contribution in [0.15, 0.2) is 18.2 Å². The molecule has 1 amide bonds. The van der Waals surface area contributed by atoms with Crippen molar-refractivity contribution < 1.29 is 14.7 Å². The molecule has 0 bridgehead atoms. The van der Waals surface area contributed by atoms with Gasteiger partial charge in [0.05, 0.1) is 6.42 Å². The van der Waals surface area contributed by atoms with Gasteiger partial charge in [0.25, 0.3) is 0 Å². The summed E-state index contributed by atoms with van der Waals surface area (Å²) in [6.45, 7) is 4.12. The Morgan fingerprint density at radius 2 is 1.61 bits per heavy atom. The normalized spacial score (nSPS) is 10.1. The number of carboxylic acids is 1. The Labute approximate surface area is 107 Å². The van der Waals surface area contributed by atoms with Crippen molar-refractivity contribution in [1.82, 2.24) is 0 Å². The van der Waals surface area contributed by atoms with Gasteiger partial charge in [0.2, 0.25) is 5.91 Å². The van der Waals surface area contributed by atoms with Crippen LogP contribution in [0.3, 0.4) is 0 Å². The number of carboxylic acid groups (broad SMARTS) is 1. The highest BCUT2D eigenvalue weighted by Gasteiger charge is 2.07. The Morgan fingerprint density at radius 3 is 2.06 bits per heavy atom. The fourth-order valence-electron chi connectivity index (χ4n) is 1.69. The lowest BCUT2D eigenvalue weighted by atomic mass is 10.1. The monoisotopic (exact) mass is 249 g/mol. The predicted octanol–water partition coefficient (Wildman–Crippen LogP) is 2.61. The van der Waals surface area contributed by atoms with E-state index in [2.05, 4.69) is 25.2 Å². The Balaban J connectivity index is 2.71. The van der Waals surface area contributed by atoms with Gasteiger partial charge >= 0.3 is 5.97 Å². The molecule has 4 heteroatoms. The minimum absolute atomic E-state index is 0.00709. The summed E-state index contributed by atoms with van der Waals surface area (Å²) in [6.07, 6.45) is 1.69. The van der Waals surface area contributed by atoms with E-state index in [1.54, 1.807) is 0 Å². The predicted molar refractivity (Wildman–Crippen MR) is 70.7 cm³/mol. The van der Waals surface area contributed by atoms with Crippen LogP contribution in [0.25, 0.3) is 0 Å². The molecule has 0 aliphatic rings. The summed E-state index contributed by atoms with van der Waals surface area (Å²) in [5, 5.41) is 11.3. The first-order valence-electron chi connectivity index (χ1n) is 6.19. The molecule has 2 N–H and O–H groups in total. The van der Waals surface area contributed by atoms with Crippen LogP contribution in [0.4, 0.5) is 5.69 Å². The molecule has 0 aromatic heterocycles.